The summed E-state index contributed by atoms with van der Waals surface area (Å²) < 4.78 is 29.0. The molecule has 2 fully saturated rings. The second kappa shape index (κ2) is 10.2. The van der Waals surface area contributed by atoms with E-state index >= 15 is 0 Å². The Morgan fingerprint density at radius 3 is 2.38 bits per heavy atom. The molecule has 4 atom stereocenters. The maximum atomic E-state index is 13.1. The normalized spacial score (nSPS) is 27.0. The number of sulfonamides is 1. The fourth-order valence-corrected chi connectivity index (χ4v) is 8.34. The van der Waals surface area contributed by atoms with Gasteiger partial charge in [0, 0.05) is 28.8 Å². The van der Waals surface area contributed by atoms with Gasteiger partial charge in [0.25, 0.3) is 0 Å². The molecule has 0 spiro atoms. The summed E-state index contributed by atoms with van der Waals surface area (Å²) in [5, 5.41) is 8.14. The van der Waals surface area contributed by atoms with Crippen molar-refractivity contribution in [3.8, 4) is 0 Å². The number of rotatable bonds is 7. The number of hydrazone groups is 1. The lowest BCUT2D eigenvalue weighted by Gasteiger charge is -2.54. The zero-order chi connectivity index (χ0) is 26.5. The van der Waals surface area contributed by atoms with Gasteiger partial charge in [-0.15, -0.1) is 0 Å². The fourth-order valence-electron chi connectivity index (χ4n) is 6.16. The average Bonchev–Trinajstić information content (AvgIpc) is 3.22. The van der Waals surface area contributed by atoms with Crippen molar-refractivity contribution in [1.82, 2.24) is 4.72 Å². The van der Waals surface area contributed by atoms with Gasteiger partial charge in [0.15, 0.2) is 0 Å². The minimum Gasteiger partial charge on any atom is -0.299 e. The van der Waals surface area contributed by atoms with Crippen LogP contribution >= 0.6 is 34.8 Å². The Morgan fingerprint density at radius 2 is 1.73 bits per heavy atom. The Kier molecular flexibility index (Phi) is 7.40. The van der Waals surface area contributed by atoms with Crippen LogP contribution in [0.5, 0.6) is 0 Å². The monoisotopic (exact) mass is 581 g/mol. The number of hydrogen-bond acceptors (Lipinski definition) is 5. The first kappa shape index (κ1) is 26.9. The van der Waals surface area contributed by atoms with E-state index in [9.17, 15) is 13.2 Å². The van der Waals surface area contributed by atoms with E-state index in [1.54, 1.807) is 23.2 Å². The maximum absolute atomic E-state index is 13.1. The number of benzene rings is 2. The minimum absolute atomic E-state index is 0.0571. The molecular weight excluding hydrogens is 553 g/mol. The van der Waals surface area contributed by atoms with Crippen LogP contribution in [0.4, 0.5) is 5.69 Å². The molecule has 2 aromatic carbocycles. The molecule has 4 unspecified atom stereocenters. The zero-order valence-corrected chi connectivity index (χ0v) is 23.8. The molecule has 1 N–H and O–H groups in total. The van der Waals surface area contributed by atoms with Crippen molar-refractivity contribution in [3.63, 3.8) is 0 Å². The molecule has 0 aromatic heterocycles. The highest BCUT2D eigenvalue weighted by molar-refractivity contribution is 7.89. The van der Waals surface area contributed by atoms with Gasteiger partial charge < -0.3 is 0 Å². The van der Waals surface area contributed by atoms with E-state index in [-0.39, 0.29) is 29.5 Å². The van der Waals surface area contributed by atoms with Gasteiger partial charge in [0.1, 0.15) is 5.78 Å². The van der Waals surface area contributed by atoms with E-state index in [1.165, 1.54) is 0 Å². The van der Waals surface area contributed by atoms with Crippen LogP contribution in [0, 0.1) is 23.2 Å². The number of halogens is 3. The number of carbonyl (C=O) groups excluding carboxylic acids is 1. The van der Waals surface area contributed by atoms with E-state index in [0.717, 1.165) is 18.4 Å². The molecule has 10 heteroatoms. The summed E-state index contributed by atoms with van der Waals surface area (Å²) in [4.78, 5) is 12.9. The van der Waals surface area contributed by atoms with Crippen molar-refractivity contribution in [3.05, 3.63) is 63.1 Å². The van der Waals surface area contributed by atoms with E-state index in [0.29, 0.717) is 51.1 Å². The Labute approximate surface area is 233 Å². The molecule has 3 aliphatic rings. The molecule has 0 bridgehead atoms. The van der Waals surface area contributed by atoms with Gasteiger partial charge in [-0.05, 0) is 66.0 Å². The topological polar surface area (TPSA) is 78.8 Å². The number of fused-ring (bicyclic) bond motifs is 1. The summed E-state index contributed by atoms with van der Waals surface area (Å²) in [7, 11) is -3.70. The Morgan fingerprint density at radius 1 is 1.03 bits per heavy atom. The SMILES string of the molecule is CC1(C)C(CS(=O)(=O)NCC2=NN(c3ccc(Cl)cc3Cl)C(c3ccc(Cl)cc3)C2)C(=O)CC2CCC21. The lowest BCUT2D eigenvalue weighted by molar-refractivity contribution is -0.141. The first-order valence-electron chi connectivity index (χ1n) is 12.5. The first-order valence-corrected chi connectivity index (χ1v) is 15.3. The predicted octanol–water partition coefficient (Wildman–Crippen LogP) is 6.52. The maximum Gasteiger partial charge on any atom is 0.212 e. The van der Waals surface area contributed by atoms with Gasteiger partial charge in [0.05, 0.1) is 34.8 Å². The number of ketones is 1. The van der Waals surface area contributed by atoms with E-state index in [1.807, 2.05) is 38.1 Å². The number of Topliss-reactive ketones (excluding diaryl/α,β-unsaturated/α-hetero) is 1. The third-order valence-corrected chi connectivity index (χ3v) is 10.5. The van der Waals surface area contributed by atoms with Crippen LogP contribution in [0.2, 0.25) is 15.1 Å². The van der Waals surface area contributed by atoms with Crippen molar-refractivity contribution in [2.75, 3.05) is 17.3 Å². The van der Waals surface area contributed by atoms with Crippen LogP contribution in [0.1, 0.15) is 51.1 Å². The third-order valence-electron chi connectivity index (χ3n) is 8.39. The smallest absolute Gasteiger partial charge is 0.212 e. The van der Waals surface area contributed by atoms with Crippen molar-refractivity contribution in [2.24, 2.45) is 28.3 Å². The van der Waals surface area contributed by atoms with Crippen LogP contribution in [0.25, 0.3) is 0 Å². The highest BCUT2D eigenvalue weighted by Crippen LogP contribution is 2.56. The van der Waals surface area contributed by atoms with Gasteiger partial charge in [-0.2, -0.15) is 5.10 Å². The first-order chi connectivity index (χ1) is 17.4. The summed E-state index contributed by atoms with van der Waals surface area (Å²) in [6, 6.07) is 12.5. The van der Waals surface area contributed by atoms with Crippen LogP contribution in [0.3, 0.4) is 0 Å². The quantitative estimate of drug-likeness (QED) is 0.403. The van der Waals surface area contributed by atoms with Crippen molar-refractivity contribution < 1.29 is 13.2 Å². The molecule has 1 aliphatic heterocycles. The van der Waals surface area contributed by atoms with Crippen LogP contribution in [0.15, 0.2) is 47.6 Å². The number of anilines is 1. The predicted molar refractivity (Wildman–Crippen MR) is 150 cm³/mol. The molecular formula is C27H30Cl3N3O3S. The molecule has 2 saturated carbocycles. The standard InChI is InChI=1S/C27H30Cl3N3O3S/c1-27(2)21-9-5-17(21)11-26(34)22(27)15-37(35,36)31-14-20-13-25(16-3-6-18(28)7-4-16)33(32-20)24-10-8-19(29)12-23(24)30/h3-4,6-8,10,12,17,21-22,25,31H,5,9,11,13-15H2,1-2H3. The summed E-state index contributed by atoms with van der Waals surface area (Å²) in [6.07, 6.45) is 3.14. The highest BCUT2D eigenvalue weighted by atomic mass is 35.5. The van der Waals surface area contributed by atoms with Gasteiger partial charge in [-0.1, -0.05) is 60.8 Å². The molecule has 2 aromatic rings. The average molecular weight is 583 g/mol. The fraction of sp³-hybridized carbons (Fsp3) is 0.481. The Hall–Kier alpha value is -1.64. The molecule has 2 aliphatic carbocycles. The minimum atomic E-state index is -3.70. The van der Waals surface area contributed by atoms with Crippen molar-refractivity contribution >= 4 is 62.0 Å². The van der Waals surface area contributed by atoms with Crippen LogP contribution < -0.4 is 9.73 Å². The van der Waals surface area contributed by atoms with Crippen molar-refractivity contribution in [1.29, 1.82) is 0 Å². The summed E-state index contributed by atoms with van der Waals surface area (Å²) >= 11 is 18.7. The molecule has 1 heterocycles. The second-order valence-electron chi connectivity index (χ2n) is 11.0. The third kappa shape index (κ3) is 5.44. The van der Waals surface area contributed by atoms with Crippen LogP contribution in [-0.2, 0) is 14.8 Å². The molecule has 0 saturated heterocycles. The summed E-state index contributed by atoms with van der Waals surface area (Å²) in [5.74, 6) is 0.215. The van der Waals surface area contributed by atoms with Crippen molar-refractivity contribution in [2.45, 2.75) is 45.6 Å². The summed E-state index contributed by atoms with van der Waals surface area (Å²) in [6.45, 7) is 4.15. The summed E-state index contributed by atoms with van der Waals surface area (Å²) in [5.41, 5.74) is 2.00. The highest BCUT2D eigenvalue weighted by Gasteiger charge is 2.53. The number of nitrogens with one attached hydrogen (secondary N) is 1. The van der Waals surface area contributed by atoms with Gasteiger partial charge in [-0.3, -0.25) is 9.80 Å². The molecule has 5 rings (SSSR count). The van der Waals surface area contributed by atoms with Gasteiger partial charge >= 0.3 is 0 Å². The lowest BCUT2D eigenvalue weighted by Crippen LogP contribution is -2.54. The Balaban J connectivity index is 1.33. The van der Waals surface area contributed by atoms with E-state index in [4.69, 9.17) is 39.9 Å². The van der Waals surface area contributed by atoms with Gasteiger partial charge in [0.2, 0.25) is 10.0 Å². The second-order valence-corrected chi connectivity index (χ2v) is 14.1. The number of hydrogen-bond donors (Lipinski definition) is 1. The molecule has 0 radical (unpaired) electrons. The van der Waals surface area contributed by atoms with Crippen LogP contribution in [-0.4, -0.2) is 32.2 Å². The molecule has 6 nitrogen and oxygen atoms in total. The largest absolute Gasteiger partial charge is 0.299 e. The molecule has 0 amide bonds. The van der Waals surface area contributed by atoms with E-state index in [2.05, 4.69) is 4.72 Å². The Bertz CT molecular complexity index is 1340. The van der Waals surface area contributed by atoms with E-state index < -0.39 is 15.9 Å². The van der Waals surface area contributed by atoms with Gasteiger partial charge in [-0.25, -0.2) is 13.1 Å². The lowest BCUT2D eigenvalue weighted by atomic mass is 9.50. The zero-order valence-electron chi connectivity index (χ0n) is 20.8. The number of nitrogens with zero attached hydrogens (tertiary/aromatic N) is 2. The molecule has 198 valence electrons. The number of carbonyl (C=O) groups is 1. The molecule has 37 heavy (non-hydrogen) atoms.